The van der Waals surface area contributed by atoms with Crippen LogP contribution in [0.3, 0.4) is 0 Å². The summed E-state index contributed by atoms with van der Waals surface area (Å²) in [6, 6.07) is 5.09. The van der Waals surface area contributed by atoms with Crippen LogP contribution in [0.25, 0.3) is 11.3 Å². The fourth-order valence-electron chi connectivity index (χ4n) is 2.32. The number of rotatable bonds is 3. The van der Waals surface area contributed by atoms with Gasteiger partial charge in [0.15, 0.2) is 0 Å². The number of hydrogen-bond donors (Lipinski definition) is 2. The zero-order valence-corrected chi connectivity index (χ0v) is 12.1. The van der Waals surface area contributed by atoms with Gasteiger partial charge in [-0.15, -0.1) is 0 Å². The smallest absolute Gasteiger partial charge is 0.227 e. The molecule has 3 aromatic rings. The zero-order valence-electron chi connectivity index (χ0n) is 12.1. The molecule has 2 heterocycles. The molecule has 2 aromatic heterocycles. The maximum absolute atomic E-state index is 13.7. The third-order valence-corrected chi connectivity index (χ3v) is 3.36. The van der Waals surface area contributed by atoms with Crippen LogP contribution in [0.15, 0.2) is 36.7 Å². The van der Waals surface area contributed by atoms with Gasteiger partial charge in [-0.05, 0) is 37.6 Å². The van der Waals surface area contributed by atoms with E-state index < -0.39 is 11.6 Å². The quantitative estimate of drug-likeness (QED) is 0.765. The van der Waals surface area contributed by atoms with Crippen molar-refractivity contribution in [1.82, 2.24) is 15.0 Å². The highest BCUT2D eigenvalue weighted by molar-refractivity contribution is 5.67. The molecule has 0 bridgehead atoms. The van der Waals surface area contributed by atoms with E-state index in [1.807, 2.05) is 20.0 Å². The zero-order chi connectivity index (χ0) is 15.7. The standard InChI is InChI=1S/C16H14F2N4/c1-9-8-20-10(2)15(9)14-5-6-19-16(22-14)21-13-4-3-11(17)7-12(13)18/h3-8,20H,1-2H3,(H,19,21,22). The molecule has 0 spiro atoms. The van der Waals surface area contributed by atoms with Gasteiger partial charge in [0.2, 0.25) is 5.95 Å². The first kappa shape index (κ1) is 14.2. The van der Waals surface area contributed by atoms with Gasteiger partial charge in [-0.1, -0.05) is 0 Å². The van der Waals surface area contributed by atoms with Crippen molar-refractivity contribution in [3.05, 3.63) is 59.6 Å². The third-order valence-electron chi connectivity index (χ3n) is 3.36. The molecule has 4 nitrogen and oxygen atoms in total. The van der Waals surface area contributed by atoms with E-state index in [0.717, 1.165) is 28.6 Å². The van der Waals surface area contributed by atoms with E-state index in [-0.39, 0.29) is 11.6 Å². The van der Waals surface area contributed by atoms with E-state index >= 15 is 0 Å². The lowest BCUT2D eigenvalue weighted by atomic mass is 10.1. The van der Waals surface area contributed by atoms with Gasteiger partial charge < -0.3 is 10.3 Å². The Hall–Kier alpha value is -2.76. The fourth-order valence-corrected chi connectivity index (χ4v) is 2.32. The van der Waals surface area contributed by atoms with Crippen molar-refractivity contribution in [3.63, 3.8) is 0 Å². The van der Waals surface area contributed by atoms with E-state index in [1.165, 1.54) is 12.1 Å². The van der Waals surface area contributed by atoms with Crippen molar-refractivity contribution >= 4 is 11.6 Å². The minimum Gasteiger partial charge on any atom is -0.364 e. The lowest BCUT2D eigenvalue weighted by Crippen LogP contribution is -2.00. The van der Waals surface area contributed by atoms with Crippen molar-refractivity contribution in [2.75, 3.05) is 5.32 Å². The number of H-pyrrole nitrogens is 1. The van der Waals surface area contributed by atoms with Crippen LogP contribution in [-0.4, -0.2) is 15.0 Å². The molecule has 0 unspecified atom stereocenters. The second-order valence-electron chi connectivity index (χ2n) is 4.99. The molecular formula is C16H14F2N4. The molecule has 0 radical (unpaired) electrons. The first-order chi connectivity index (χ1) is 10.5. The Morgan fingerprint density at radius 2 is 1.95 bits per heavy atom. The summed E-state index contributed by atoms with van der Waals surface area (Å²) in [7, 11) is 0. The fraction of sp³-hybridized carbons (Fsp3) is 0.125. The maximum Gasteiger partial charge on any atom is 0.227 e. The Morgan fingerprint density at radius 3 is 2.64 bits per heavy atom. The topological polar surface area (TPSA) is 53.6 Å². The van der Waals surface area contributed by atoms with E-state index in [0.29, 0.717) is 0 Å². The van der Waals surface area contributed by atoms with Gasteiger partial charge in [-0.3, -0.25) is 0 Å². The number of aromatic nitrogens is 3. The number of anilines is 2. The minimum atomic E-state index is -0.692. The number of hydrogen-bond acceptors (Lipinski definition) is 3. The van der Waals surface area contributed by atoms with Crippen LogP contribution >= 0.6 is 0 Å². The van der Waals surface area contributed by atoms with Crippen LogP contribution in [0.2, 0.25) is 0 Å². The molecule has 0 aliphatic heterocycles. The molecule has 0 saturated carbocycles. The summed E-state index contributed by atoms with van der Waals surface area (Å²) in [5.74, 6) is -1.07. The number of halogens is 2. The number of aromatic amines is 1. The Labute approximate surface area is 126 Å². The van der Waals surface area contributed by atoms with Gasteiger partial charge in [-0.2, -0.15) is 0 Å². The second kappa shape index (κ2) is 5.55. The molecule has 112 valence electrons. The van der Waals surface area contributed by atoms with Crippen molar-refractivity contribution in [1.29, 1.82) is 0 Å². The molecule has 0 aliphatic carbocycles. The van der Waals surface area contributed by atoms with Crippen molar-refractivity contribution in [2.45, 2.75) is 13.8 Å². The molecule has 0 aliphatic rings. The van der Waals surface area contributed by atoms with Gasteiger partial charge in [-0.25, -0.2) is 18.7 Å². The average Bonchev–Trinajstić information content (AvgIpc) is 2.81. The van der Waals surface area contributed by atoms with Gasteiger partial charge in [0.1, 0.15) is 11.6 Å². The lowest BCUT2D eigenvalue weighted by Gasteiger charge is -2.08. The Balaban J connectivity index is 1.95. The van der Waals surface area contributed by atoms with Gasteiger partial charge >= 0.3 is 0 Å². The van der Waals surface area contributed by atoms with Crippen LogP contribution in [0.5, 0.6) is 0 Å². The normalized spacial score (nSPS) is 10.7. The summed E-state index contributed by atoms with van der Waals surface area (Å²) in [6.07, 6.45) is 3.50. The van der Waals surface area contributed by atoms with Crippen LogP contribution in [0, 0.1) is 25.5 Å². The summed E-state index contributed by atoms with van der Waals surface area (Å²) < 4.78 is 26.6. The van der Waals surface area contributed by atoms with Crippen LogP contribution in [0.1, 0.15) is 11.3 Å². The number of aryl methyl sites for hydroxylation is 2. The molecule has 3 rings (SSSR count). The third kappa shape index (κ3) is 2.67. The number of nitrogens with one attached hydrogen (secondary N) is 2. The van der Waals surface area contributed by atoms with Gasteiger partial charge in [0.25, 0.3) is 0 Å². The highest BCUT2D eigenvalue weighted by Crippen LogP contribution is 2.26. The van der Waals surface area contributed by atoms with Gasteiger partial charge in [0.05, 0.1) is 11.4 Å². The maximum atomic E-state index is 13.7. The van der Waals surface area contributed by atoms with Gasteiger partial charge in [0, 0.05) is 29.7 Å². The highest BCUT2D eigenvalue weighted by atomic mass is 19.1. The van der Waals surface area contributed by atoms with Crippen LogP contribution in [-0.2, 0) is 0 Å². The summed E-state index contributed by atoms with van der Waals surface area (Å²) in [4.78, 5) is 11.6. The largest absolute Gasteiger partial charge is 0.364 e. The van der Waals surface area contributed by atoms with Crippen molar-refractivity contribution in [3.8, 4) is 11.3 Å². The average molecular weight is 300 g/mol. The summed E-state index contributed by atoms with van der Waals surface area (Å²) in [5, 5.41) is 2.77. The Morgan fingerprint density at radius 1 is 1.14 bits per heavy atom. The molecule has 0 atom stereocenters. The number of nitrogens with zero attached hydrogens (tertiary/aromatic N) is 2. The molecule has 0 fully saturated rings. The van der Waals surface area contributed by atoms with Crippen LogP contribution < -0.4 is 5.32 Å². The molecule has 6 heteroatoms. The van der Waals surface area contributed by atoms with Crippen molar-refractivity contribution < 1.29 is 8.78 Å². The van der Waals surface area contributed by atoms with Crippen molar-refractivity contribution in [2.24, 2.45) is 0 Å². The summed E-state index contributed by atoms with van der Waals surface area (Å²) >= 11 is 0. The lowest BCUT2D eigenvalue weighted by molar-refractivity contribution is 0.586. The summed E-state index contributed by atoms with van der Waals surface area (Å²) in [6.45, 7) is 3.94. The Kier molecular flexibility index (Phi) is 3.58. The van der Waals surface area contributed by atoms with Crippen LogP contribution in [0.4, 0.5) is 20.4 Å². The predicted molar refractivity (Wildman–Crippen MR) is 80.9 cm³/mol. The highest BCUT2D eigenvalue weighted by Gasteiger charge is 2.11. The first-order valence-electron chi connectivity index (χ1n) is 6.74. The SMILES string of the molecule is Cc1c[nH]c(C)c1-c1ccnc(Nc2ccc(F)cc2F)n1. The van der Waals surface area contributed by atoms with E-state index in [4.69, 9.17) is 0 Å². The molecule has 0 saturated heterocycles. The first-order valence-corrected chi connectivity index (χ1v) is 6.74. The number of benzene rings is 1. The van der Waals surface area contributed by atoms with E-state index in [1.54, 1.807) is 12.3 Å². The predicted octanol–water partition coefficient (Wildman–Crippen LogP) is 4.11. The second-order valence-corrected chi connectivity index (χ2v) is 4.99. The molecule has 2 N–H and O–H groups in total. The molecule has 1 aromatic carbocycles. The molecule has 22 heavy (non-hydrogen) atoms. The Bertz CT molecular complexity index is 807. The minimum absolute atomic E-state index is 0.126. The van der Waals surface area contributed by atoms with E-state index in [2.05, 4.69) is 20.3 Å². The monoisotopic (exact) mass is 300 g/mol. The molecular weight excluding hydrogens is 286 g/mol. The summed E-state index contributed by atoms with van der Waals surface area (Å²) in [5.41, 5.74) is 3.91. The van der Waals surface area contributed by atoms with E-state index in [9.17, 15) is 8.78 Å². The molecule has 0 amide bonds.